The van der Waals surface area contributed by atoms with Gasteiger partial charge in [0.15, 0.2) is 0 Å². The van der Waals surface area contributed by atoms with Crippen molar-refractivity contribution >= 4 is 5.69 Å². The van der Waals surface area contributed by atoms with Gasteiger partial charge >= 0.3 is 0 Å². The Balaban J connectivity index is 2.69. The molecule has 0 saturated carbocycles. The van der Waals surface area contributed by atoms with Crippen LogP contribution in [0.2, 0.25) is 0 Å². The van der Waals surface area contributed by atoms with Crippen molar-refractivity contribution in [2.24, 2.45) is 0 Å². The zero-order valence-electron chi connectivity index (χ0n) is 9.67. The summed E-state index contributed by atoms with van der Waals surface area (Å²) in [5.41, 5.74) is 1.89. The first-order chi connectivity index (χ1) is 7.07. The van der Waals surface area contributed by atoms with Gasteiger partial charge in [-0.05, 0) is 44.5 Å². The second-order valence-electron chi connectivity index (χ2n) is 4.45. The Morgan fingerprint density at radius 2 is 1.87 bits per heavy atom. The van der Waals surface area contributed by atoms with Crippen LogP contribution in [0, 0.1) is 11.3 Å². The van der Waals surface area contributed by atoms with Crippen molar-refractivity contribution in [2.75, 3.05) is 5.32 Å². The second-order valence-corrected chi connectivity index (χ2v) is 4.45. The van der Waals surface area contributed by atoms with E-state index in [1.165, 1.54) is 0 Å². The monoisotopic (exact) mass is 202 g/mol. The summed E-state index contributed by atoms with van der Waals surface area (Å²) in [7, 11) is 0. The fourth-order valence-corrected chi connectivity index (χ4v) is 1.71. The van der Waals surface area contributed by atoms with Crippen LogP contribution in [-0.2, 0) is 0 Å². The lowest BCUT2D eigenvalue weighted by atomic mass is 9.98. The third-order valence-electron chi connectivity index (χ3n) is 2.37. The molecule has 1 aromatic rings. The van der Waals surface area contributed by atoms with Gasteiger partial charge in [0, 0.05) is 11.2 Å². The first kappa shape index (κ1) is 11.6. The summed E-state index contributed by atoms with van der Waals surface area (Å²) in [4.78, 5) is 0. The van der Waals surface area contributed by atoms with E-state index < -0.39 is 0 Å². The van der Waals surface area contributed by atoms with Crippen LogP contribution >= 0.6 is 0 Å². The molecule has 2 heteroatoms. The van der Waals surface area contributed by atoms with Crippen LogP contribution in [0.15, 0.2) is 24.3 Å². The van der Waals surface area contributed by atoms with Crippen LogP contribution < -0.4 is 5.32 Å². The molecule has 2 nitrogen and oxygen atoms in total. The van der Waals surface area contributed by atoms with Gasteiger partial charge in [-0.3, -0.25) is 0 Å². The zero-order chi connectivity index (χ0) is 11.3. The maximum atomic E-state index is 8.67. The Labute approximate surface area is 91.9 Å². The summed E-state index contributed by atoms with van der Waals surface area (Å²) in [6.07, 6.45) is 2.29. The SMILES string of the molecule is CCCC(C)(C)Nc1ccc(C#N)cc1. The highest BCUT2D eigenvalue weighted by atomic mass is 15.0. The van der Waals surface area contributed by atoms with Crippen molar-refractivity contribution in [3.63, 3.8) is 0 Å². The number of benzene rings is 1. The smallest absolute Gasteiger partial charge is 0.0991 e. The molecule has 0 atom stereocenters. The van der Waals surface area contributed by atoms with Gasteiger partial charge in [0.1, 0.15) is 0 Å². The molecule has 0 fully saturated rings. The summed E-state index contributed by atoms with van der Waals surface area (Å²) in [6.45, 7) is 6.56. The Kier molecular flexibility index (Phi) is 3.74. The third-order valence-corrected chi connectivity index (χ3v) is 2.37. The molecule has 0 aliphatic rings. The molecule has 0 aliphatic carbocycles. The predicted octanol–water partition coefficient (Wildman–Crippen LogP) is 3.55. The summed E-state index contributed by atoms with van der Waals surface area (Å²) < 4.78 is 0. The van der Waals surface area contributed by atoms with Crippen LogP contribution in [0.25, 0.3) is 0 Å². The van der Waals surface area contributed by atoms with Crippen LogP contribution in [0.1, 0.15) is 39.2 Å². The molecule has 0 saturated heterocycles. The average Bonchev–Trinajstić information content (AvgIpc) is 2.18. The van der Waals surface area contributed by atoms with Gasteiger partial charge < -0.3 is 5.32 Å². The number of hydrogen-bond acceptors (Lipinski definition) is 2. The molecule has 15 heavy (non-hydrogen) atoms. The summed E-state index contributed by atoms with van der Waals surface area (Å²) in [5, 5.41) is 12.1. The topological polar surface area (TPSA) is 35.8 Å². The van der Waals surface area contributed by atoms with Crippen LogP contribution in [-0.4, -0.2) is 5.54 Å². The number of nitrogens with one attached hydrogen (secondary N) is 1. The molecule has 1 N–H and O–H groups in total. The number of hydrogen-bond donors (Lipinski definition) is 1. The van der Waals surface area contributed by atoms with Crippen molar-refractivity contribution in [2.45, 2.75) is 39.2 Å². The minimum atomic E-state index is 0.114. The molecular weight excluding hydrogens is 184 g/mol. The summed E-state index contributed by atoms with van der Waals surface area (Å²) in [6, 6.07) is 9.70. The zero-order valence-corrected chi connectivity index (χ0v) is 9.67. The van der Waals surface area contributed by atoms with Crippen LogP contribution in [0.5, 0.6) is 0 Å². The molecule has 0 radical (unpaired) electrons. The van der Waals surface area contributed by atoms with Crippen molar-refractivity contribution in [1.29, 1.82) is 5.26 Å². The Hall–Kier alpha value is -1.49. The minimum Gasteiger partial charge on any atom is -0.380 e. The fourth-order valence-electron chi connectivity index (χ4n) is 1.71. The number of nitrogens with zero attached hydrogens (tertiary/aromatic N) is 1. The summed E-state index contributed by atoms with van der Waals surface area (Å²) in [5.74, 6) is 0. The molecule has 1 aromatic carbocycles. The van der Waals surface area contributed by atoms with E-state index in [1.807, 2.05) is 24.3 Å². The lowest BCUT2D eigenvalue weighted by Crippen LogP contribution is -2.30. The maximum Gasteiger partial charge on any atom is 0.0991 e. The molecule has 0 aliphatic heterocycles. The first-order valence-electron chi connectivity index (χ1n) is 5.36. The predicted molar refractivity (Wildman–Crippen MR) is 63.8 cm³/mol. The van der Waals surface area contributed by atoms with Gasteiger partial charge in [-0.1, -0.05) is 13.3 Å². The van der Waals surface area contributed by atoms with E-state index in [9.17, 15) is 0 Å². The first-order valence-corrected chi connectivity index (χ1v) is 5.36. The minimum absolute atomic E-state index is 0.114. The van der Waals surface area contributed by atoms with E-state index in [-0.39, 0.29) is 5.54 Å². The molecule has 0 aromatic heterocycles. The van der Waals surface area contributed by atoms with E-state index in [1.54, 1.807) is 0 Å². The highest BCUT2D eigenvalue weighted by Gasteiger charge is 2.15. The fraction of sp³-hybridized carbons (Fsp3) is 0.462. The van der Waals surface area contributed by atoms with Crippen molar-refractivity contribution in [3.8, 4) is 6.07 Å². The highest BCUT2D eigenvalue weighted by molar-refractivity contribution is 5.48. The lowest BCUT2D eigenvalue weighted by molar-refractivity contribution is 0.511. The second kappa shape index (κ2) is 4.84. The number of rotatable bonds is 4. The van der Waals surface area contributed by atoms with E-state index in [4.69, 9.17) is 5.26 Å². The molecule has 0 bridgehead atoms. The molecule has 0 heterocycles. The molecule has 0 amide bonds. The Morgan fingerprint density at radius 3 is 2.33 bits per heavy atom. The molecular formula is C13H18N2. The van der Waals surface area contributed by atoms with Gasteiger partial charge in [-0.2, -0.15) is 5.26 Å². The Morgan fingerprint density at radius 1 is 1.27 bits per heavy atom. The van der Waals surface area contributed by atoms with Gasteiger partial charge in [0.05, 0.1) is 11.6 Å². The molecule has 1 rings (SSSR count). The van der Waals surface area contributed by atoms with Crippen LogP contribution in [0.3, 0.4) is 0 Å². The lowest BCUT2D eigenvalue weighted by Gasteiger charge is -2.27. The van der Waals surface area contributed by atoms with E-state index >= 15 is 0 Å². The highest BCUT2D eigenvalue weighted by Crippen LogP contribution is 2.19. The standard InChI is InChI=1S/C13H18N2/c1-4-9-13(2,3)15-12-7-5-11(10-14)6-8-12/h5-8,15H,4,9H2,1-3H3. The normalized spacial score (nSPS) is 10.8. The van der Waals surface area contributed by atoms with Gasteiger partial charge in [-0.15, -0.1) is 0 Å². The van der Waals surface area contributed by atoms with E-state index in [2.05, 4.69) is 32.2 Å². The van der Waals surface area contributed by atoms with Crippen molar-refractivity contribution in [3.05, 3.63) is 29.8 Å². The van der Waals surface area contributed by atoms with Crippen molar-refractivity contribution < 1.29 is 0 Å². The number of anilines is 1. The van der Waals surface area contributed by atoms with Crippen molar-refractivity contribution in [1.82, 2.24) is 0 Å². The maximum absolute atomic E-state index is 8.67. The molecule has 80 valence electrons. The average molecular weight is 202 g/mol. The van der Waals surface area contributed by atoms with Crippen LogP contribution in [0.4, 0.5) is 5.69 Å². The van der Waals surface area contributed by atoms with Gasteiger partial charge in [0.25, 0.3) is 0 Å². The van der Waals surface area contributed by atoms with Gasteiger partial charge in [0.2, 0.25) is 0 Å². The van der Waals surface area contributed by atoms with Gasteiger partial charge in [-0.25, -0.2) is 0 Å². The molecule has 0 spiro atoms. The number of nitriles is 1. The molecule has 0 unspecified atom stereocenters. The largest absolute Gasteiger partial charge is 0.380 e. The quantitative estimate of drug-likeness (QED) is 0.810. The van der Waals surface area contributed by atoms with E-state index in [0.717, 1.165) is 18.5 Å². The van der Waals surface area contributed by atoms with E-state index in [0.29, 0.717) is 5.56 Å². The Bertz CT molecular complexity index is 344. The third kappa shape index (κ3) is 3.63. The summed E-state index contributed by atoms with van der Waals surface area (Å²) >= 11 is 0.